The molecule has 0 bridgehead atoms. The lowest BCUT2D eigenvalue weighted by Gasteiger charge is -2.05. The number of aromatic nitrogens is 4. The average Bonchev–Trinajstić information content (AvgIpc) is 3.16. The van der Waals surface area contributed by atoms with Crippen molar-refractivity contribution in [2.45, 2.75) is 13.1 Å². The van der Waals surface area contributed by atoms with Crippen LogP contribution in [0.1, 0.15) is 11.1 Å². The molecule has 0 spiro atoms. The van der Waals surface area contributed by atoms with Crippen molar-refractivity contribution in [2.75, 3.05) is 5.73 Å². The molecule has 0 fully saturated rings. The van der Waals surface area contributed by atoms with Crippen molar-refractivity contribution in [1.29, 1.82) is 0 Å². The first-order valence-electron chi connectivity index (χ1n) is 7.50. The van der Waals surface area contributed by atoms with Crippen molar-refractivity contribution in [2.24, 2.45) is 7.05 Å². The van der Waals surface area contributed by atoms with Crippen molar-refractivity contribution in [3.63, 3.8) is 0 Å². The Labute approximate surface area is 136 Å². The van der Waals surface area contributed by atoms with E-state index in [1.807, 2.05) is 18.2 Å². The molecule has 0 aliphatic carbocycles. The van der Waals surface area contributed by atoms with Gasteiger partial charge in [-0.3, -0.25) is 4.79 Å². The van der Waals surface area contributed by atoms with Crippen molar-refractivity contribution in [3.8, 4) is 0 Å². The molecule has 4 aromatic rings. The quantitative estimate of drug-likeness (QED) is 0.581. The smallest absolute Gasteiger partial charge is 0.276 e. The number of nitrogens with two attached hydrogens (primary N) is 1. The molecule has 0 saturated carbocycles. The lowest BCUT2D eigenvalue weighted by Crippen LogP contribution is -2.20. The Morgan fingerprint density at radius 1 is 1.29 bits per heavy atom. The molecule has 0 aliphatic rings. The van der Waals surface area contributed by atoms with Gasteiger partial charge in [-0.25, -0.2) is 4.52 Å². The number of fused-ring (bicyclic) bond motifs is 2. The van der Waals surface area contributed by atoms with Gasteiger partial charge in [0.1, 0.15) is 5.52 Å². The Bertz CT molecular complexity index is 1090. The van der Waals surface area contributed by atoms with E-state index in [9.17, 15) is 4.79 Å². The van der Waals surface area contributed by atoms with E-state index in [1.165, 1.54) is 0 Å². The summed E-state index contributed by atoms with van der Waals surface area (Å²) in [5, 5.41) is 12.1. The number of nitrogen functional groups attached to an aromatic ring is 1. The predicted molar refractivity (Wildman–Crippen MR) is 89.4 cm³/mol. The minimum Gasteiger partial charge on any atom is -0.380 e. The van der Waals surface area contributed by atoms with Crippen LogP contribution in [-0.2, 0) is 20.1 Å². The molecule has 0 unspecified atom stereocenters. The number of benzene rings is 1. The Morgan fingerprint density at radius 3 is 3.04 bits per heavy atom. The van der Waals surface area contributed by atoms with Crippen LogP contribution in [0.4, 0.5) is 5.82 Å². The summed E-state index contributed by atoms with van der Waals surface area (Å²) in [6, 6.07) is 5.75. The summed E-state index contributed by atoms with van der Waals surface area (Å²) in [5.41, 5.74) is 8.88. The zero-order valence-electron chi connectivity index (χ0n) is 13.1. The van der Waals surface area contributed by atoms with E-state index >= 15 is 0 Å². The SMILES string of the molecule is Cn1ccn2ncc(CNCc3ccc4onc(N)c4c3)c2c1=O. The fourth-order valence-corrected chi connectivity index (χ4v) is 2.73. The summed E-state index contributed by atoms with van der Waals surface area (Å²) in [6.45, 7) is 1.17. The van der Waals surface area contributed by atoms with Crippen LogP contribution in [0.15, 0.2) is 46.1 Å². The fraction of sp³-hybridized carbons (Fsp3) is 0.188. The molecule has 0 radical (unpaired) electrons. The maximum absolute atomic E-state index is 12.2. The Hall–Kier alpha value is -3.13. The molecule has 24 heavy (non-hydrogen) atoms. The molecule has 3 aromatic heterocycles. The number of hydrogen-bond donors (Lipinski definition) is 2. The van der Waals surface area contributed by atoms with Gasteiger partial charge in [0, 0.05) is 38.1 Å². The Morgan fingerprint density at radius 2 is 2.17 bits per heavy atom. The summed E-state index contributed by atoms with van der Waals surface area (Å²) in [4.78, 5) is 12.2. The summed E-state index contributed by atoms with van der Waals surface area (Å²) >= 11 is 0. The van der Waals surface area contributed by atoms with Crippen molar-refractivity contribution in [3.05, 3.63) is 58.3 Å². The third kappa shape index (κ3) is 2.33. The van der Waals surface area contributed by atoms with Gasteiger partial charge in [0.05, 0.1) is 11.6 Å². The summed E-state index contributed by atoms with van der Waals surface area (Å²) in [5.74, 6) is 0.387. The maximum atomic E-state index is 12.2. The molecule has 0 amide bonds. The number of anilines is 1. The van der Waals surface area contributed by atoms with Gasteiger partial charge in [0.15, 0.2) is 11.4 Å². The van der Waals surface area contributed by atoms with Crippen LogP contribution in [0, 0.1) is 0 Å². The monoisotopic (exact) mass is 324 g/mol. The first-order valence-corrected chi connectivity index (χ1v) is 7.50. The van der Waals surface area contributed by atoms with E-state index in [0.29, 0.717) is 30.0 Å². The highest BCUT2D eigenvalue weighted by Gasteiger charge is 2.09. The first-order chi connectivity index (χ1) is 11.6. The van der Waals surface area contributed by atoms with Crippen LogP contribution >= 0.6 is 0 Å². The highest BCUT2D eigenvalue weighted by molar-refractivity contribution is 5.87. The molecule has 8 heteroatoms. The molecular formula is C16H16N6O2. The van der Waals surface area contributed by atoms with E-state index in [1.54, 1.807) is 34.7 Å². The van der Waals surface area contributed by atoms with E-state index in [2.05, 4.69) is 15.6 Å². The number of rotatable bonds is 4. The topological polar surface area (TPSA) is 103 Å². The maximum Gasteiger partial charge on any atom is 0.276 e. The van der Waals surface area contributed by atoms with Crippen molar-refractivity contribution in [1.82, 2.24) is 24.7 Å². The van der Waals surface area contributed by atoms with Crippen LogP contribution < -0.4 is 16.6 Å². The molecule has 0 saturated heterocycles. The highest BCUT2D eigenvalue weighted by Crippen LogP contribution is 2.21. The molecule has 1 aromatic carbocycles. The van der Waals surface area contributed by atoms with Gasteiger partial charge in [-0.05, 0) is 17.7 Å². The second kappa shape index (κ2) is 5.50. The minimum atomic E-state index is -0.0644. The van der Waals surface area contributed by atoms with Gasteiger partial charge >= 0.3 is 0 Å². The zero-order valence-corrected chi connectivity index (χ0v) is 13.1. The highest BCUT2D eigenvalue weighted by atomic mass is 16.5. The Kier molecular flexibility index (Phi) is 3.31. The number of nitrogens with zero attached hydrogens (tertiary/aromatic N) is 4. The summed E-state index contributed by atoms with van der Waals surface area (Å²) in [6.07, 6.45) is 5.17. The van der Waals surface area contributed by atoms with Gasteiger partial charge in [-0.2, -0.15) is 5.10 Å². The largest absolute Gasteiger partial charge is 0.380 e. The molecule has 8 nitrogen and oxygen atoms in total. The molecular weight excluding hydrogens is 308 g/mol. The number of aryl methyl sites for hydroxylation is 1. The first kappa shape index (κ1) is 14.5. The zero-order chi connectivity index (χ0) is 16.7. The van der Waals surface area contributed by atoms with Crippen LogP contribution in [0.3, 0.4) is 0 Å². The predicted octanol–water partition coefficient (Wildman–Crippen LogP) is 1.05. The average molecular weight is 324 g/mol. The van der Waals surface area contributed by atoms with Crippen LogP contribution in [0.25, 0.3) is 16.5 Å². The van der Waals surface area contributed by atoms with Gasteiger partial charge in [0.2, 0.25) is 0 Å². The fourth-order valence-electron chi connectivity index (χ4n) is 2.73. The number of nitrogens with one attached hydrogen (secondary N) is 1. The summed E-state index contributed by atoms with van der Waals surface area (Å²) < 4.78 is 8.24. The molecule has 0 aliphatic heterocycles. The molecule has 0 atom stereocenters. The van der Waals surface area contributed by atoms with Crippen LogP contribution in [0.5, 0.6) is 0 Å². The van der Waals surface area contributed by atoms with Crippen molar-refractivity contribution < 1.29 is 4.52 Å². The standard InChI is InChI=1S/C16H16N6O2/c1-21-4-5-22-14(16(21)23)11(9-19-22)8-18-7-10-2-3-13-12(6-10)15(17)20-24-13/h2-6,9,18H,7-8H2,1H3,(H2,17,20). The second-order valence-corrected chi connectivity index (χ2v) is 5.68. The van der Waals surface area contributed by atoms with E-state index in [-0.39, 0.29) is 5.56 Å². The van der Waals surface area contributed by atoms with Crippen LogP contribution in [0.2, 0.25) is 0 Å². The third-order valence-electron chi connectivity index (χ3n) is 4.03. The summed E-state index contributed by atoms with van der Waals surface area (Å²) in [7, 11) is 1.73. The van der Waals surface area contributed by atoms with Gasteiger partial charge in [-0.1, -0.05) is 11.2 Å². The molecule has 122 valence electrons. The molecule has 3 heterocycles. The lowest BCUT2D eigenvalue weighted by atomic mass is 10.1. The van der Waals surface area contributed by atoms with Crippen molar-refractivity contribution >= 4 is 22.3 Å². The van der Waals surface area contributed by atoms with Gasteiger partial charge in [-0.15, -0.1) is 0 Å². The van der Waals surface area contributed by atoms with Crippen LogP contribution in [-0.4, -0.2) is 19.3 Å². The molecule has 3 N–H and O–H groups in total. The molecule has 4 rings (SSSR count). The van der Waals surface area contributed by atoms with E-state index < -0.39 is 0 Å². The Balaban J connectivity index is 1.53. The van der Waals surface area contributed by atoms with E-state index in [4.69, 9.17) is 10.3 Å². The third-order valence-corrected chi connectivity index (χ3v) is 4.03. The normalized spacial score (nSPS) is 11.5. The van der Waals surface area contributed by atoms with Gasteiger partial charge in [0.25, 0.3) is 5.56 Å². The van der Waals surface area contributed by atoms with Gasteiger partial charge < -0.3 is 20.1 Å². The lowest BCUT2D eigenvalue weighted by molar-refractivity contribution is 0.460. The number of hydrogen-bond acceptors (Lipinski definition) is 6. The van der Waals surface area contributed by atoms with E-state index in [0.717, 1.165) is 16.5 Å². The second-order valence-electron chi connectivity index (χ2n) is 5.68. The minimum absolute atomic E-state index is 0.0644.